The Bertz CT molecular complexity index is 919. The fourth-order valence-electron chi connectivity index (χ4n) is 1.99. The topological polar surface area (TPSA) is 102 Å². The van der Waals surface area contributed by atoms with Gasteiger partial charge in [-0.05, 0) is 60.1 Å². The van der Waals surface area contributed by atoms with Crippen molar-refractivity contribution in [2.75, 3.05) is 19.0 Å². The Kier molecular flexibility index (Phi) is 6.67. The van der Waals surface area contributed by atoms with Gasteiger partial charge in [-0.3, -0.25) is 4.79 Å². The van der Waals surface area contributed by atoms with Crippen LogP contribution >= 0.6 is 11.3 Å². The Morgan fingerprint density at radius 2 is 2.04 bits per heavy atom. The smallest absolute Gasteiger partial charge is 0.331 e. The third kappa shape index (κ3) is 5.51. The Hall–Kier alpha value is -2.49. The molecule has 0 atom stereocenters. The SMILES string of the molecule is CNS(=O)(=O)c1cc(NC(=O)COC(=O)/C=C/c2ccsc2)ccc1C. The van der Waals surface area contributed by atoms with E-state index in [0.29, 0.717) is 11.3 Å². The van der Waals surface area contributed by atoms with Gasteiger partial charge in [0.15, 0.2) is 6.61 Å². The molecule has 0 saturated carbocycles. The first kappa shape index (κ1) is 19.8. The summed E-state index contributed by atoms with van der Waals surface area (Å²) in [5.41, 5.74) is 1.70. The van der Waals surface area contributed by atoms with E-state index >= 15 is 0 Å². The van der Waals surface area contributed by atoms with Crippen LogP contribution in [0.5, 0.6) is 0 Å². The van der Waals surface area contributed by atoms with E-state index in [1.54, 1.807) is 25.1 Å². The number of amides is 1. The van der Waals surface area contributed by atoms with Crippen molar-refractivity contribution < 1.29 is 22.7 Å². The van der Waals surface area contributed by atoms with Gasteiger partial charge in [-0.1, -0.05) is 6.07 Å². The van der Waals surface area contributed by atoms with E-state index in [9.17, 15) is 18.0 Å². The number of anilines is 1. The van der Waals surface area contributed by atoms with Gasteiger partial charge >= 0.3 is 5.97 Å². The normalized spacial score (nSPS) is 11.5. The number of carbonyl (C=O) groups is 2. The molecule has 2 N–H and O–H groups in total. The Morgan fingerprint density at radius 1 is 1.27 bits per heavy atom. The molecule has 0 saturated heterocycles. The minimum absolute atomic E-state index is 0.0634. The Balaban J connectivity index is 1.93. The lowest BCUT2D eigenvalue weighted by atomic mass is 10.2. The molecule has 1 heterocycles. The number of hydrogen-bond donors (Lipinski definition) is 2. The van der Waals surface area contributed by atoms with E-state index in [4.69, 9.17) is 4.74 Å². The summed E-state index contributed by atoms with van der Waals surface area (Å²) in [7, 11) is -2.33. The number of benzene rings is 1. The molecule has 2 aromatic rings. The van der Waals surface area contributed by atoms with Crippen LogP contribution in [0.4, 0.5) is 5.69 Å². The monoisotopic (exact) mass is 394 g/mol. The molecule has 0 fully saturated rings. The standard InChI is InChI=1S/C17H18N2O5S2/c1-12-3-5-14(9-15(12)26(22,23)18-2)19-16(20)10-24-17(21)6-4-13-7-8-25-11-13/h3-9,11,18H,10H2,1-2H3,(H,19,20)/b6-4+. The molecule has 0 aliphatic carbocycles. The van der Waals surface area contributed by atoms with Gasteiger partial charge in [-0.15, -0.1) is 0 Å². The molecule has 9 heteroatoms. The molecule has 0 aliphatic rings. The van der Waals surface area contributed by atoms with Crippen molar-refractivity contribution in [1.29, 1.82) is 0 Å². The Morgan fingerprint density at radius 3 is 2.69 bits per heavy atom. The van der Waals surface area contributed by atoms with Crippen molar-refractivity contribution in [2.24, 2.45) is 0 Å². The van der Waals surface area contributed by atoms with Crippen LogP contribution in [0, 0.1) is 6.92 Å². The highest BCUT2D eigenvalue weighted by Gasteiger charge is 2.16. The van der Waals surface area contributed by atoms with Gasteiger partial charge in [0.1, 0.15) is 0 Å². The van der Waals surface area contributed by atoms with E-state index in [-0.39, 0.29) is 4.90 Å². The van der Waals surface area contributed by atoms with Crippen LogP contribution in [0.1, 0.15) is 11.1 Å². The van der Waals surface area contributed by atoms with Crippen molar-refractivity contribution in [3.8, 4) is 0 Å². The summed E-state index contributed by atoms with van der Waals surface area (Å²) in [5, 5.41) is 6.24. The van der Waals surface area contributed by atoms with Crippen molar-refractivity contribution in [3.63, 3.8) is 0 Å². The molecule has 0 spiro atoms. The van der Waals surface area contributed by atoms with E-state index in [2.05, 4.69) is 10.0 Å². The summed E-state index contributed by atoms with van der Waals surface area (Å²) < 4.78 is 31.0. The maximum atomic E-state index is 11.9. The molecular weight excluding hydrogens is 376 g/mol. The second-order valence-electron chi connectivity index (χ2n) is 5.23. The minimum atomic E-state index is -3.64. The van der Waals surface area contributed by atoms with Crippen LogP contribution in [0.15, 0.2) is 46.0 Å². The van der Waals surface area contributed by atoms with Crippen molar-refractivity contribution in [1.82, 2.24) is 4.72 Å². The summed E-state index contributed by atoms with van der Waals surface area (Å²) in [4.78, 5) is 23.5. The van der Waals surface area contributed by atoms with E-state index < -0.39 is 28.5 Å². The van der Waals surface area contributed by atoms with Gasteiger partial charge in [-0.25, -0.2) is 17.9 Å². The van der Waals surface area contributed by atoms with Gasteiger partial charge in [-0.2, -0.15) is 11.3 Å². The first-order valence-electron chi connectivity index (χ1n) is 7.53. The lowest BCUT2D eigenvalue weighted by Gasteiger charge is -2.10. The number of ether oxygens (including phenoxy) is 1. The van der Waals surface area contributed by atoms with Crippen LogP contribution in [0.2, 0.25) is 0 Å². The van der Waals surface area contributed by atoms with Crippen LogP contribution in [0.25, 0.3) is 6.08 Å². The number of hydrogen-bond acceptors (Lipinski definition) is 6. The van der Waals surface area contributed by atoms with Crippen molar-refractivity contribution in [3.05, 3.63) is 52.2 Å². The van der Waals surface area contributed by atoms with Crippen LogP contribution in [-0.2, 0) is 24.3 Å². The van der Waals surface area contributed by atoms with Gasteiger partial charge < -0.3 is 10.1 Å². The molecule has 0 radical (unpaired) electrons. The van der Waals surface area contributed by atoms with Gasteiger partial charge in [0, 0.05) is 11.8 Å². The number of sulfonamides is 1. The van der Waals surface area contributed by atoms with Crippen molar-refractivity contribution in [2.45, 2.75) is 11.8 Å². The average molecular weight is 394 g/mol. The average Bonchev–Trinajstić information content (AvgIpc) is 3.13. The predicted molar refractivity (Wildman–Crippen MR) is 100 cm³/mol. The number of thiophene rings is 1. The number of nitrogens with one attached hydrogen (secondary N) is 2. The molecule has 1 amide bonds. The molecule has 26 heavy (non-hydrogen) atoms. The van der Waals surface area contributed by atoms with E-state index in [1.807, 2.05) is 16.8 Å². The summed E-state index contributed by atoms with van der Waals surface area (Å²) in [6, 6.07) is 6.34. The maximum Gasteiger partial charge on any atom is 0.331 e. The lowest BCUT2D eigenvalue weighted by Crippen LogP contribution is -2.22. The molecule has 1 aromatic carbocycles. The number of carbonyl (C=O) groups excluding carboxylic acids is 2. The summed E-state index contributed by atoms with van der Waals surface area (Å²) >= 11 is 1.50. The quantitative estimate of drug-likeness (QED) is 0.553. The summed E-state index contributed by atoms with van der Waals surface area (Å²) in [5.74, 6) is -1.22. The van der Waals surface area contributed by atoms with Gasteiger partial charge in [0.2, 0.25) is 10.0 Å². The fraction of sp³-hybridized carbons (Fsp3) is 0.176. The molecule has 138 valence electrons. The number of rotatable bonds is 7. The van der Waals surface area contributed by atoms with Crippen LogP contribution in [-0.4, -0.2) is 33.9 Å². The predicted octanol–water partition coefficient (Wildman–Crippen LogP) is 2.16. The van der Waals surface area contributed by atoms with Crippen molar-refractivity contribution >= 4 is 45.0 Å². The molecule has 2 rings (SSSR count). The molecule has 1 aromatic heterocycles. The lowest BCUT2D eigenvalue weighted by molar-refractivity contribution is -0.142. The Labute approximate surface area is 155 Å². The maximum absolute atomic E-state index is 11.9. The van der Waals surface area contributed by atoms with Crippen LogP contribution in [0.3, 0.4) is 0 Å². The second kappa shape index (κ2) is 8.75. The zero-order chi connectivity index (χ0) is 19.2. The first-order valence-corrected chi connectivity index (χ1v) is 9.95. The van der Waals surface area contributed by atoms with Crippen LogP contribution < -0.4 is 10.0 Å². The molecular formula is C17H18N2O5S2. The van der Waals surface area contributed by atoms with E-state index in [0.717, 1.165) is 5.56 Å². The highest BCUT2D eigenvalue weighted by atomic mass is 32.2. The molecule has 0 unspecified atom stereocenters. The third-order valence-electron chi connectivity index (χ3n) is 3.33. The summed E-state index contributed by atoms with van der Waals surface area (Å²) in [6.07, 6.45) is 2.82. The largest absolute Gasteiger partial charge is 0.452 e. The number of aryl methyl sites for hydroxylation is 1. The first-order chi connectivity index (χ1) is 12.3. The van der Waals surface area contributed by atoms with E-state index in [1.165, 1.54) is 30.5 Å². The zero-order valence-electron chi connectivity index (χ0n) is 14.2. The highest BCUT2D eigenvalue weighted by Crippen LogP contribution is 2.19. The summed E-state index contributed by atoms with van der Waals surface area (Å²) in [6.45, 7) is 1.17. The molecule has 7 nitrogen and oxygen atoms in total. The zero-order valence-corrected chi connectivity index (χ0v) is 15.8. The van der Waals surface area contributed by atoms with Gasteiger partial charge in [0.05, 0.1) is 4.90 Å². The number of esters is 1. The molecule has 0 aliphatic heterocycles. The second-order valence-corrected chi connectivity index (χ2v) is 7.87. The minimum Gasteiger partial charge on any atom is -0.452 e. The fourth-order valence-corrected chi connectivity index (χ4v) is 3.62. The highest BCUT2D eigenvalue weighted by molar-refractivity contribution is 7.89. The molecule has 0 bridgehead atoms. The third-order valence-corrected chi connectivity index (χ3v) is 5.59. The van der Waals surface area contributed by atoms with Gasteiger partial charge in [0.25, 0.3) is 5.91 Å².